The minimum Gasteiger partial charge on any atom is -0.491 e. The predicted molar refractivity (Wildman–Crippen MR) is 159 cm³/mol. The number of pyridine rings is 1. The van der Waals surface area contributed by atoms with Crippen LogP contribution in [-0.2, 0) is 29.4 Å². The highest BCUT2D eigenvalue weighted by Crippen LogP contribution is 2.37. The van der Waals surface area contributed by atoms with E-state index in [0.717, 1.165) is 10.9 Å². The molecule has 12 nitrogen and oxygen atoms in total. The number of hydrogen-bond acceptors (Lipinski definition) is 10. The van der Waals surface area contributed by atoms with E-state index in [9.17, 15) is 26.7 Å². The van der Waals surface area contributed by atoms with Crippen molar-refractivity contribution < 1.29 is 36.2 Å². The molecular weight excluding hydrogens is 596 g/mol. The Morgan fingerprint density at radius 3 is 2.65 bits per heavy atom. The number of aliphatic hydroxyl groups is 1. The Labute approximate surface area is 251 Å². The Hall–Kier alpha value is -3.14. The van der Waals surface area contributed by atoms with Crippen LogP contribution in [0, 0.1) is 0 Å². The van der Waals surface area contributed by atoms with Gasteiger partial charge in [-0.25, -0.2) is 16.8 Å². The minimum atomic E-state index is -3.69. The monoisotopic (exact) mass is 632 g/mol. The van der Waals surface area contributed by atoms with Crippen LogP contribution < -0.4 is 15.8 Å². The smallest absolute Gasteiger partial charge is 0.244 e. The largest absolute Gasteiger partial charge is 0.491 e. The molecule has 1 aromatic heterocycles. The van der Waals surface area contributed by atoms with E-state index in [1.54, 1.807) is 12.1 Å². The van der Waals surface area contributed by atoms with Crippen molar-refractivity contribution in [2.75, 3.05) is 38.6 Å². The van der Waals surface area contributed by atoms with E-state index >= 15 is 0 Å². The number of primary amides is 1. The number of fused-ring (bicyclic) bond motifs is 1. The number of rotatable bonds is 12. The van der Waals surface area contributed by atoms with E-state index in [4.69, 9.17) is 15.2 Å². The number of hydrogen-bond donors (Lipinski definition) is 3. The first-order chi connectivity index (χ1) is 20.5. The number of carbonyl (C=O) groups is 1. The summed E-state index contributed by atoms with van der Waals surface area (Å²) < 4.78 is 64.7. The second kappa shape index (κ2) is 12.8. The summed E-state index contributed by atoms with van der Waals surface area (Å²) in [5.41, 5.74) is 5.38. The molecule has 2 aliphatic heterocycles. The van der Waals surface area contributed by atoms with Gasteiger partial charge in [0, 0.05) is 43.7 Å². The predicted octanol–water partition coefficient (Wildman–Crippen LogP) is 1.23. The summed E-state index contributed by atoms with van der Waals surface area (Å²) in [6, 6.07) is 14.9. The van der Waals surface area contributed by atoms with Gasteiger partial charge in [-0.05, 0) is 49.6 Å². The van der Waals surface area contributed by atoms with E-state index in [1.807, 2.05) is 24.3 Å². The third kappa shape index (κ3) is 7.51. The molecule has 232 valence electrons. The fraction of sp³-hybridized carbons (Fsp3) is 0.448. The van der Waals surface area contributed by atoms with Crippen LogP contribution in [0.15, 0.2) is 70.6 Å². The van der Waals surface area contributed by atoms with Crippen molar-refractivity contribution in [1.29, 1.82) is 0 Å². The summed E-state index contributed by atoms with van der Waals surface area (Å²) in [5, 5.41) is 14.5. The lowest BCUT2D eigenvalue weighted by Crippen LogP contribution is -2.47. The summed E-state index contributed by atoms with van der Waals surface area (Å²) >= 11 is 0. The maximum atomic E-state index is 13.3. The van der Waals surface area contributed by atoms with Crippen LogP contribution in [0.3, 0.4) is 0 Å². The van der Waals surface area contributed by atoms with Crippen molar-refractivity contribution >= 4 is 36.7 Å². The molecule has 2 aromatic carbocycles. The normalized spacial score (nSPS) is 19.9. The van der Waals surface area contributed by atoms with Crippen LogP contribution in [0.25, 0.3) is 10.9 Å². The molecule has 2 aliphatic rings. The molecular formula is C29H36N4O8S2. The standard InChI is InChI=1S/C29H36N4O8S2/c30-28(35)8-13-42(36,37)25-6-3-5-24(15-25)40-20-23(34)17-31-22-16-29(41-19-22)9-11-33(12-10-29)43(38,39)26-14-21-4-1-2-7-27(21)32-18-26/h1-7,14-15,18,22-23,31,34H,8-13,16-17,19-20H2,(H2,30,35)/t22-,23?/m1/s1. The van der Waals surface area contributed by atoms with Gasteiger partial charge in [-0.3, -0.25) is 9.78 Å². The Kier molecular flexibility index (Phi) is 9.34. The van der Waals surface area contributed by atoms with Crippen molar-refractivity contribution in [3.05, 3.63) is 60.8 Å². The van der Waals surface area contributed by atoms with Crippen molar-refractivity contribution in [2.24, 2.45) is 5.73 Å². The first kappa shape index (κ1) is 31.3. The van der Waals surface area contributed by atoms with Crippen molar-refractivity contribution in [1.82, 2.24) is 14.6 Å². The number of nitrogens with one attached hydrogen (secondary N) is 1. The Morgan fingerprint density at radius 1 is 1.12 bits per heavy atom. The van der Waals surface area contributed by atoms with E-state index in [1.165, 1.54) is 28.7 Å². The number of sulfonamides is 1. The van der Waals surface area contributed by atoms with Gasteiger partial charge in [0.2, 0.25) is 15.9 Å². The van der Waals surface area contributed by atoms with Gasteiger partial charge in [-0.15, -0.1) is 0 Å². The first-order valence-electron chi connectivity index (χ1n) is 14.1. The number of carbonyl (C=O) groups excluding carboxylic acids is 1. The van der Waals surface area contributed by atoms with Gasteiger partial charge in [0.15, 0.2) is 9.84 Å². The van der Waals surface area contributed by atoms with Crippen LogP contribution in [-0.4, -0.2) is 93.5 Å². The van der Waals surface area contributed by atoms with Gasteiger partial charge in [0.25, 0.3) is 0 Å². The summed E-state index contributed by atoms with van der Waals surface area (Å²) in [4.78, 5) is 15.5. The zero-order valence-corrected chi connectivity index (χ0v) is 25.2. The van der Waals surface area contributed by atoms with Crippen LogP contribution >= 0.6 is 0 Å². The quantitative estimate of drug-likeness (QED) is 0.263. The third-order valence-corrected chi connectivity index (χ3v) is 11.5. The molecule has 4 N–H and O–H groups in total. The number of aromatic nitrogens is 1. The van der Waals surface area contributed by atoms with Gasteiger partial charge in [0.1, 0.15) is 23.4 Å². The van der Waals surface area contributed by atoms with E-state index in [2.05, 4.69) is 10.3 Å². The molecule has 0 aliphatic carbocycles. The molecule has 3 heterocycles. The van der Waals surface area contributed by atoms with Crippen molar-refractivity contribution in [3.8, 4) is 5.75 Å². The molecule has 2 atom stereocenters. The molecule has 0 radical (unpaired) electrons. The fourth-order valence-electron chi connectivity index (χ4n) is 5.46. The number of sulfone groups is 1. The van der Waals surface area contributed by atoms with Crippen LogP contribution in [0.5, 0.6) is 5.75 Å². The number of ether oxygens (including phenoxy) is 2. The second-order valence-electron chi connectivity index (χ2n) is 11.0. The summed E-state index contributed by atoms with van der Waals surface area (Å²) in [7, 11) is -7.37. The highest BCUT2D eigenvalue weighted by Gasteiger charge is 2.44. The average molecular weight is 633 g/mol. The number of nitrogens with two attached hydrogens (primary N) is 1. The molecule has 43 heavy (non-hydrogen) atoms. The van der Waals surface area contributed by atoms with Gasteiger partial charge < -0.3 is 25.6 Å². The van der Waals surface area contributed by atoms with E-state index in [-0.39, 0.29) is 46.9 Å². The number of amides is 1. The molecule has 1 amide bonds. The Morgan fingerprint density at radius 2 is 1.88 bits per heavy atom. The molecule has 14 heteroatoms. The zero-order chi connectivity index (χ0) is 30.7. The number of para-hydroxylation sites is 1. The number of aliphatic hydroxyl groups excluding tert-OH is 1. The molecule has 1 unspecified atom stereocenters. The van der Waals surface area contributed by atoms with Gasteiger partial charge in [-0.1, -0.05) is 24.3 Å². The van der Waals surface area contributed by atoms with Crippen molar-refractivity contribution in [2.45, 2.75) is 53.2 Å². The topological polar surface area (TPSA) is 178 Å². The average Bonchev–Trinajstić information content (AvgIpc) is 3.40. The van der Waals surface area contributed by atoms with Crippen LogP contribution in [0.2, 0.25) is 0 Å². The SMILES string of the molecule is NC(=O)CCS(=O)(=O)c1cccc(OCC(O)CN[C@H]2COC3(CCN(S(=O)(=O)c4cnc5ccccc5c4)CC3)C2)c1. The summed E-state index contributed by atoms with van der Waals surface area (Å²) in [5.74, 6) is -0.805. The number of benzene rings is 2. The van der Waals surface area contributed by atoms with Gasteiger partial charge in [-0.2, -0.15) is 4.31 Å². The molecule has 1 spiro atoms. The number of nitrogens with zero attached hydrogens (tertiary/aromatic N) is 2. The lowest BCUT2D eigenvalue weighted by atomic mass is 9.88. The molecule has 2 saturated heterocycles. The highest BCUT2D eigenvalue weighted by atomic mass is 32.2. The minimum absolute atomic E-state index is 0.0128. The molecule has 5 rings (SSSR count). The second-order valence-corrected chi connectivity index (χ2v) is 15.1. The lowest BCUT2D eigenvalue weighted by Gasteiger charge is -2.38. The molecule has 0 saturated carbocycles. The molecule has 0 bridgehead atoms. The van der Waals surface area contributed by atoms with Crippen molar-refractivity contribution in [3.63, 3.8) is 0 Å². The molecule has 2 fully saturated rings. The van der Waals surface area contributed by atoms with E-state index < -0.39 is 37.5 Å². The van der Waals surface area contributed by atoms with Gasteiger partial charge in [0.05, 0.1) is 28.4 Å². The summed E-state index contributed by atoms with van der Waals surface area (Å²) in [6.07, 6.45) is 2.09. The van der Waals surface area contributed by atoms with Gasteiger partial charge >= 0.3 is 0 Å². The lowest BCUT2D eigenvalue weighted by molar-refractivity contribution is -0.117. The zero-order valence-electron chi connectivity index (χ0n) is 23.6. The maximum Gasteiger partial charge on any atom is 0.244 e. The Bertz CT molecular complexity index is 1670. The van der Waals surface area contributed by atoms with Crippen LogP contribution in [0.4, 0.5) is 0 Å². The molecule has 3 aromatic rings. The number of piperidine rings is 1. The summed E-state index contributed by atoms with van der Waals surface area (Å²) in [6.45, 7) is 1.30. The fourth-order valence-corrected chi connectivity index (χ4v) is 8.17. The highest BCUT2D eigenvalue weighted by molar-refractivity contribution is 7.91. The maximum absolute atomic E-state index is 13.3. The van der Waals surface area contributed by atoms with E-state index in [0.29, 0.717) is 39.0 Å². The first-order valence-corrected chi connectivity index (χ1v) is 17.2. The Balaban J connectivity index is 1.08. The third-order valence-electron chi connectivity index (χ3n) is 7.91. The van der Waals surface area contributed by atoms with Crippen LogP contribution in [0.1, 0.15) is 25.7 Å².